The molecule has 0 saturated carbocycles. The van der Waals surface area contributed by atoms with Gasteiger partial charge in [0.25, 0.3) is 0 Å². The molecule has 190 valence electrons. The Balaban J connectivity index is 1.24. The van der Waals surface area contributed by atoms with Crippen LogP contribution in [0.5, 0.6) is 0 Å². The fourth-order valence-electron chi connectivity index (χ4n) is 4.98. The third-order valence-corrected chi connectivity index (χ3v) is 8.31. The first-order chi connectivity index (χ1) is 17.3. The molecule has 0 aromatic carbocycles. The molecule has 0 amide bonds. The molecular weight excluding hydrogens is 478 g/mol. The van der Waals surface area contributed by atoms with E-state index >= 15 is 0 Å². The fraction of sp³-hybridized carbons (Fsp3) is 0.440. The van der Waals surface area contributed by atoms with Gasteiger partial charge in [0, 0.05) is 50.5 Å². The van der Waals surface area contributed by atoms with Gasteiger partial charge in [-0.3, -0.25) is 4.90 Å². The summed E-state index contributed by atoms with van der Waals surface area (Å²) >= 11 is 0. The number of anilines is 4. The van der Waals surface area contributed by atoms with Gasteiger partial charge in [-0.15, -0.1) is 0 Å². The first kappa shape index (κ1) is 24.5. The first-order valence-electron chi connectivity index (χ1n) is 12.1. The van der Waals surface area contributed by atoms with E-state index in [1.54, 1.807) is 12.1 Å². The maximum atomic E-state index is 12.0. The van der Waals surface area contributed by atoms with Gasteiger partial charge in [-0.2, -0.15) is 0 Å². The summed E-state index contributed by atoms with van der Waals surface area (Å²) in [6.07, 6.45) is 9.52. The van der Waals surface area contributed by atoms with Crippen LogP contribution in [0.2, 0.25) is 0 Å². The van der Waals surface area contributed by atoms with Gasteiger partial charge >= 0.3 is 0 Å². The average molecular weight is 510 g/mol. The van der Waals surface area contributed by atoms with Crippen molar-refractivity contribution in [3.8, 4) is 0 Å². The van der Waals surface area contributed by atoms with E-state index in [0.717, 1.165) is 45.4 Å². The molecule has 5 heterocycles. The van der Waals surface area contributed by atoms with Crippen LogP contribution in [0.15, 0.2) is 53.9 Å². The molecule has 0 unspecified atom stereocenters. The Morgan fingerprint density at radius 3 is 2.50 bits per heavy atom. The van der Waals surface area contributed by atoms with Crippen LogP contribution in [0.1, 0.15) is 37.8 Å². The number of ether oxygens (including phenoxy) is 1. The lowest BCUT2D eigenvalue weighted by Gasteiger charge is -2.34. The predicted octanol–water partition coefficient (Wildman–Crippen LogP) is 3.72. The van der Waals surface area contributed by atoms with Gasteiger partial charge in [0.05, 0.1) is 0 Å². The van der Waals surface area contributed by atoms with E-state index in [1.807, 2.05) is 12.3 Å². The highest BCUT2D eigenvalue weighted by atomic mass is 32.2. The van der Waals surface area contributed by atoms with Gasteiger partial charge in [0.1, 0.15) is 34.5 Å². The van der Waals surface area contributed by atoms with E-state index in [9.17, 15) is 8.42 Å². The summed E-state index contributed by atoms with van der Waals surface area (Å²) < 4.78 is 29.7. The van der Waals surface area contributed by atoms with Crippen molar-refractivity contribution in [2.45, 2.75) is 37.1 Å². The number of pyridine rings is 2. The van der Waals surface area contributed by atoms with Crippen LogP contribution in [0, 0.1) is 5.41 Å². The quantitative estimate of drug-likeness (QED) is 0.487. The Hall–Kier alpha value is -3.15. The zero-order valence-electron chi connectivity index (χ0n) is 20.5. The Kier molecular flexibility index (Phi) is 6.87. The zero-order chi connectivity index (χ0) is 25.2. The first-order valence-corrected chi connectivity index (χ1v) is 14.0. The lowest BCUT2D eigenvalue weighted by atomic mass is 9.79. The van der Waals surface area contributed by atoms with E-state index in [-0.39, 0.29) is 10.7 Å². The highest BCUT2D eigenvalue weighted by Crippen LogP contribution is 2.42. The molecule has 11 heteroatoms. The second kappa shape index (κ2) is 10.1. The summed E-state index contributed by atoms with van der Waals surface area (Å²) in [6.45, 7) is 6.23. The number of sulfone groups is 1. The minimum Gasteiger partial charge on any atom is -0.381 e. The van der Waals surface area contributed by atoms with E-state index in [0.29, 0.717) is 28.9 Å². The van der Waals surface area contributed by atoms with Crippen LogP contribution in [0.4, 0.5) is 23.3 Å². The third kappa shape index (κ3) is 5.48. The molecule has 2 fully saturated rings. The normalized spacial score (nSPS) is 18.7. The zero-order valence-corrected chi connectivity index (χ0v) is 21.3. The number of likely N-dealkylation sites (tertiary alicyclic amines) is 1. The average Bonchev–Trinajstić information content (AvgIpc) is 3.27. The second-order valence-corrected chi connectivity index (χ2v) is 11.6. The summed E-state index contributed by atoms with van der Waals surface area (Å²) in [7, 11) is -3.44. The lowest BCUT2D eigenvalue weighted by molar-refractivity contribution is 0.0175. The number of rotatable bonds is 7. The van der Waals surface area contributed by atoms with Crippen LogP contribution in [-0.4, -0.2) is 65.8 Å². The molecular formula is C25H31N7O3S. The minimum absolute atomic E-state index is 0.102. The van der Waals surface area contributed by atoms with Gasteiger partial charge in [-0.25, -0.2) is 28.4 Å². The number of nitrogens with zero attached hydrogens (tertiary/aromatic N) is 5. The van der Waals surface area contributed by atoms with Gasteiger partial charge in [0.2, 0.25) is 0 Å². The Bertz CT molecular complexity index is 1310. The Labute approximate surface area is 211 Å². The number of hydrogen-bond acceptors (Lipinski definition) is 10. The van der Waals surface area contributed by atoms with Crippen molar-refractivity contribution in [2.75, 3.05) is 43.2 Å². The maximum Gasteiger partial charge on any atom is 0.179 e. The third-order valence-electron chi connectivity index (χ3n) is 7.18. The largest absolute Gasteiger partial charge is 0.381 e. The van der Waals surface area contributed by atoms with Crippen LogP contribution in [0.3, 0.4) is 0 Å². The fourth-order valence-corrected chi connectivity index (χ4v) is 5.76. The summed E-state index contributed by atoms with van der Waals surface area (Å²) in [6, 6.07) is 9.10. The molecule has 1 atom stereocenters. The molecule has 2 aliphatic rings. The Morgan fingerprint density at radius 2 is 1.78 bits per heavy atom. The van der Waals surface area contributed by atoms with Crippen LogP contribution in [-0.2, 0) is 14.6 Å². The molecule has 2 aliphatic heterocycles. The molecule has 2 N–H and O–H groups in total. The van der Waals surface area contributed by atoms with Gasteiger partial charge in [-0.1, -0.05) is 6.07 Å². The van der Waals surface area contributed by atoms with Crippen molar-refractivity contribution >= 4 is 33.1 Å². The molecule has 0 bridgehead atoms. The minimum atomic E-state index is -3.44. The summed E-state index contributed by atoms with van der Waals surface area (Å²) in [5, 5.41) is 6.16. The SMILES string of the molecule is C[C@H](c1ccc(Nc2cc(Nc3ncccc3S(C)(=O)=O)ncn2)nc1)N1CCC2(CCOCC2)C1. The van der Waals surface area contributed by atoms with Crippen molar-refractivity contribution in [3.63, 3.8) is 0 Å². The molecule has 36 heavy (non-hydrogen) atoms. The molecule has 10 nitrogen and oxygen atoms in total. The van der Waals surface area contributed by atoms with E-state index in [4.69, 9.17) is 4.74 Å². The molecule has 5 rings (SSSR count). The topological polar surface area (TPSA) is 122 Å². The van der Waals surface area contributed by atoms with Crippen molar-refractivity contribution in [2.24, 2.45) is 5.41 Å². The van der Waals surface area contributed by atoms with E-state index in [2.05, 4.69) is 48.5 Å². The predicted molar refractivity (Wildman–Crippen MR) is 137 cm³/mol. The Morgan fingerprint density at radius 1 is 1.00 bits per heavy atom. The van der Waals surface area contributed by atoms with Crippen LogP contribution >= 0.6 is 0 Å². The lowest BCUT2D eigenvalue weighted by Crippen LogP contribution is -2.34. The summed E-state index contributed by atoms with van der Waals surface area (Å²) in [5.41, 5.74) is 1.59. The molecule has 0 aliphatic carbocycles. The van der Waals surface area contributed by atoms with Crippen LogP contribution < -0.4 is 10.6 Å². The van der Waals surface area contributed by atoms with Gasteiger partial charge in [0.15, 0.2) is 9.84 Å². The standard InChI is InChI=1S/C25H31N7O3S/c1-18(32-11-7-25(16-32)8-12-35-13-9-25)19-5-6-21(27-15-19)30-22-14-23(29-17-28-22)31-24-20(36(2,33)34)4-3-10-26-24/h3-6,10,14-15,17-18H,7-9,11-13,16H2,1-2H3,(H2,26,27,28,29,30,31)/t18-/m1/s1. The maximum absolute atomic E-state index is 12.0. The highest BCUT2D eigenvalue weighted by Gasteiger charge is 2.40. The van der Waals surface area contributed by atoms with Crippen LogP contribution in [0.25, 0.3) is 0 Å². The molecule has 0 radical (unpaired) electrons. The number of nitrogens with one attached hydrogen (secondary N) is 2. The smallest absolute Gasteiger partial charge is 0.179 e. The number of hydrogen-bond donors (Lipinski definition) is 2. The molecule has 3 aromatic rings. The van der Waals surface area contributed by atoms with Gasteiger partial charge < -0.3 is 15.4 Å². The molecule has 3 aromatic heterocycles. The van der Waals surface area contributed by atoms with E-state index in [1.165, 1.54) is 30.6 Å². The monoisotopic (exact) mass is 509 g/mol. The van der Waals surface area contributed by atoms with Crippen molar-refractivity contribution in [1.82, 2.24) is 24.8 Å². The van der Waals surface area contributed by atoms with Crippen molar-refractivity contribution < 1.29 is 13.2 Å². The van der Waals surface area contributed by atoms with Crippen molar-refractivity contribution in [3.05, 3.63) is 54.6 Å². The second-order valence-electron chi connectivity index (χ2n) is 9.65. The van der Waals surface area contributed by atoms with Gasteiger partial charge in [-0.05, 0) is 61.9 Å². The van der Waals surface area contributed by atoms with Crippen molar-refractivity contribution in [1.29, 1.82) is 0 Å². The highest BCUT2D eigenvalue weighted by molar-refractivity contribution is 7.90. The summed E-state index contributed by atoms with van der Waals surface area (Å²) in [4.78, 5) is 19.8. The summed E-state index contributed by atoms with van der Waals surface area (Å²) in [5.74, 6) is 1.81. The molecule has 1 spiro atoms. The number of aromatic nitrogens is 4. The molecule has 2 saturated heterocycles. The van der Waals surface area contributed by atoms with E-state index < -0.39 is 9.84 Å².